The molecule has 1 heterocycles. The van der Waals surface area contributed by atoms with E-state index in [4.69, 9.17) is 9.47 Å². The van der Waals surface area contributed by atoms with Crippen LogP contribution in [0.5, 0.6) is 0 Å². The molecule has 1 fully saturated rings. The molecule has 4 heteroatoms. The second kappa shape index (κ2) is 8.80. The van der Waals surface area contributed by atoms with E-state index in [0.717, 1.165) is 31.7 Å². The minimum Gasteiger partial charge on any atom is -0.462 e. The SMILES string of the molecule is CCCOC(=O)c1cccc(COCC2CCCNC2)c1. The second-order valence-corrected chi connectivity index (χ2v) is 5.56. The lowest BCUT2D eigenvalue weighted by molar-refractivity contribution is 0.0504. The van der Waals surface area contributed by atoms with E-state index in [1.807, 2.05) is 25.1 Å². The zero-order valence-corrected chi connectivity index (χ0v) is 12.8. The average molecular weight is 291 g/mol. The average Bonchev–Trinajstić information content (AvgIpc) is 2.54. The Hall–Kier alpha value is -1.39. The van der Waals surface area contributed by atoms with Gasteiger partial charge in [-0.3, -0.25) is 0 Å². The molecule has 4 nitrogen and oxygen atoms in total. The first-order valence-corrected chi connectivity index (χ1v) is 7.84. The number of piperidine rings is 1. The number of carbonyl (C=O) groups is 1. The van der Waals surface area contributed by atoms with Crippen LogP contribution in [0.2, 0.25) is 0 Å². The molecule has 0 saturated carbocycles. The summed E-state index contributed by atoms with van der Waals surface area (Å²) in [6.07, 6.45) is 3.30. The Balaban J connectivity index is 1.78. The van der Waals surface area contributed by atoms with Gasteiger partial charge in [-0.25, -0.2) is 4.79 Å². The molecule has 1 unspecified atom stereocenters. The molecule has 1 aromatic rings. The Morgan fingerprint density at radius 1 is 1.43 bits per heavy atom. The van der Waals surface area contributed by atoms with E-state index in [9.17, 15) is 4.79 Å². The van der Waals surface area contributed by atoms with Crippen molar-refractivity contribution >= 4 is 5.97 Å². The summed E-state index contributed by atoms with van der Waals surface area (Å²) in [4.78, 5) is 11.8. The van der Waals surface area contributed by atoms with Gasteiger partial charge in [0.05, 0.1) is 25.4 Å². The van der Waals surface area contributed by atoms with Crippen molar-refractivity contribution in [3.8, 4) is 0 Å². The summed E-state index contributed by atoms with van der Waals surface area (Å²) in [6, 6.07) is 7.50. The topological polar surface area (TPSA) is 47.6 Å². The number of nitrogens with one attached hydrogen (secondary N) is 1. The first-order valence-electron chi connectivity index (χ1n) is 7.84. The molecule has 0 amide bonds. The van der Waals surface area contributed by atoms with Crippen molar-refractivity contribution in [3.05, 3.63) is 35.4 Å². The third-order valence-electron chi connectivity index (χ3n) is 3.62. The van der Waals surface area contributed by atoms with Crippen LogP contribution in [-0.2, 0) is 16.1 Å². The molecule has 1 saturated heterocycles. The number of hydrogen-bond acceptors (Lipinski definition) is 4. The van der Waals surface area contributed by atoms with Crippen LogP contribution in [0.1, 0.15) is 42.1 Å². The maximum atomic E-state index is 11.8. The number of hydrogen-bond donors (Lipinski definition) is 1. The highest BCUT2D eigenvalue weighted by Gasteiger charge is 2.13. The zero-order chi connectivity index (χ0) is 14.9. The van der Waals surface area contributed by atoms with Crippen molar-refractivity contribution in [1.29, 1.82) is 0 Å². The lowest BCUT2D eigenvalue weighted by Crippen LogP contribution is -2.32. The fraction of sp³-hybridized carbons (Fsp3) is 0.588. The number of rotatable bonds is 7. The van der Waals surface area contributed by atoms with Crippen molar-refractivity contribution in [2.75, 3.05) is 26.3 Å². The molecule has 1 aliphatic heterocycles. The largest absolute Gasteiger partial charge is 0.462 e. The van der Waals surface area contributed by atoms with Gasteiger partial charge in [0, 0.05) is 6.54 Å². The molecule has 0 spiro atoms. The maximum Gasteiger partial charge on any atom is 0.338 e. The second-order valence-electron chi connectivity index (χ2n) is 5.56. The van der Waals surface area contributed by atoms with E-state index in [0.29, 0.717) is 24.7 Å². The zero-order valence-electron chi connectivity index (χ0n) is 12.8. The Labute approximate surface area is 126 Å². The van der Waals surface area contributed by atoms with Crippen LogP contribution in [0.15, 0.2) is 24.3 Å². The fourth-order valence-electron chi connectivity index (χ4n) is 2.48. The highest BCUT2D eigenvalue weighted by Crippen LogP contribution is 2.13. The van der Waals surface area contributed by atoms with E-state index in [1.165, 1.54) is 12.8 Å². The summed E-state index contributed by atoms with van der Waals surface area (Å²) in [5, 5.41) is 3.39. The molecule has 1 N–H and O–H groups in total. The molecule has 116 valence electrons. The third-order valence-corrected chi connectivity index (χ3v) is 3.62. The first kappa shape index (κ1) is 16.0. The molecule has 0 bridgehead atoms. The summed E-state index contributed by atoms with van der Waals surface area (Å²) in [5.41, 5.74) is 1.62. The smallest absolute Gasteiger partial charge is 0.338 e. The fourth-order valence-corrected chi connectivity index (χ4v) is 2.48. The lowest BCUT2D eigenvalue weighted by atomic mass is 10.0. The normalized spacial score (nSPS) is 18.4. The molecule has 21 heavy (non-hydrogen) atoms. The van der Waals surface area contributed by atoms with E-state index < -0.39 is 0 Å². The van der Waals surface area contributed by atoms with Crippen LogP contribution in [0.25, 0.3) is 0 Å². The Morgan fingerprint density at radius 2 is 2.33 bits per heavy atom. The van der Waals surface area contributed by atoms with Gasteiger partial charge in [-0.05, 0) is 49.4 Å². The van der Waals surface area contributed by atoms with Gasteiger partial charge in [0.1, 0.15) is 0 Å². The van der Waals surface area contributed by atoms with E-state index >= 15 is 0 Å². The van der Waals surface area contributed by atoms with E-state index in [-0.39, 0.29) is 5.97 Å². The Morgan fingerprint density at radius 3 is 3.10 bits per heavy atom. The van der Waals surface area contributed by atoms with Gasteiger partial charge >= 0.3 is 5.97 Å². The van der Waals surface area contributed by atoms with Gasteiger partial charge < -0.3 is 14.8 Å². The standard InChI is InChI=1S/C17H25NO3/c1-2-9-21-17(19)16-7-3-5-14(10-16)12-20-13-15-6-4-8-18-11-15/h3,5,7,10,15,18H,2,4,6,8-9,11-13H2,1H3. The monoisotopic (exact) mass is 291 g/mol. The van der Waals surface area contributed by atoms with Crippen LogP contribution in [-0.4, -0.2) is 32.3 Å². The molecule has 0 radical (unpaired) electrons. The van der Waals surface area contributed by atoms with Gasteiger partial charge in [-0.2, -0.15) is 0 Å². The molecule has 1 aromatic carbocycles. The number of benzene rings is 1. The van der Waals surface area contributed by atoms with Gasteiger partial charge in [-0.1, -0.05) is 19.1 Å². The highest BCUT2D eigenvalue weighted by molar-refractivity contribution is 5.89. The molecule has 0 aliphatic carbocycles. The molecule has 2 rings (SSSR count). The quantitative estimate of drug-likeness (QED) is 0.785. The van der Waals surface area contributed by atoms with Crippen molar-refractivity contribution in [2.24, 2.45) is 5.92 Å². The van der Waals surface area contributed by atoms with Crippen LogP contribution in [0, 0.1) is 5.92 Å². The number of esters is 1. The van der Waals surface area contributed by atoms with Crippen molar-refractivity contribution in [2.45, 2.75) is 32.8 Å². The number of carbonyl (C=O) groups excluding carboxylic acids is 1. The van der Waals surface area contributed by atoms with Crippen molar-refractivity contribution in [3.63, 3.8) is 0 Å². The summed E-state index contributed by atoms with van der Waals surface area (Å²) in [7, 11) is 0. The molecule has 1 atom stereocenters. The molecular formula is C17H25NO3. The highest BCUT2D eigenvalue weighted by atomic mass is 16.5. The Bertz CT molecular complexity index is 441. The van der Waals surface area contributed by atoms with Gasteiger partial charge in [0.25, 0.3) is 0 Å². The lowest BCUT2D eigenvalue weighted by Gasteiger charge is -2.22. The van der Waals surface area contributed by atoms with Gasteiger partial charge in [0.15, 0.2) is 0 Å². The van der Waals surface area contributed by atoms with Crippen LogP contribution < -0.4 is 5.32 Å². The number of ether oxygens (including phenoxy) is 2. The molecular weight excluding hydrogens is 266 g/mol. The van der Waals surface area contributed by atoms with Gasteiger partial charge in [-0.15, -0.1) is 0 Å². The van der Waals surface area contributed by atoms with Crippen molar-refractivity contribution < 1.29 is 14.3 Å². The maximum absolute atomic E-state index is 11.8. The molecule has 0 aromatic heterocycles. The summed E-state index contributed by atoms with van der Waals surface area (Å²) in [5.74, 6) is 0.353. The van der Waals surface area contributed by atoms with Gasteiger partial charge in [0.2, 0.25) is 0 Å². The minimum absolute atomic E-state index is 0.254. The van der Waals surface area contributed by atoms with Crippen LogP contribution >= 0.6 is 0 Å². The van der Waals surface area contributed by atoms with E-state index in [2.05, 4.69) is 5.32 Å². The Kier molecular flexibility index (Phi) is 6.70. The first-order chi connectivity index (χ1) is 10.3. The predicted molar refractivity (Wildman–Crippen MR) is 82.3 cm³/mol. The minimum atomic E-state index is -0.254. The summed E-state index contributed by atoms with van der Waals surface area (Å²) >= 11 is 0. The van der Waals surface area contributed by atoms with E-state index in [1.54, 1.807) is 6.07 Å². The molecule has 1 aliphatic rings. The van der Waals surface area contributed by atoms with Crippen LogP contribution in [0.4, 0.5) is 0 Å². The third kappa shape index (κ3) is 5.48. The summed E-state index contributed by atoms with van der Waals surface area (Å²) in [6.45, 7) is 5.94. The predicted octanol–water partition coefficient (Wildman–Crippen LogP) is 2.77. The van der Waals surface area contributed by atoms with Crippen LogP contribution in [0.3, 0.4) is 0 Å². The summed E-state index contributed by atoms with van der Waals surface area (Å²) < 4.78 is 10.9. The van der Waals surface area contributed by atoms with Crippen molar-refractivity contribution in [1.82, 2.24) is 5.32 Å².